The van der Waals surface area contributed by atoms with Crippen LogP contribution in [0, 0.1) is 0 Å². The third-order valence-electron chi connectivity index (χ3n) is 2.43. The highest BCUT2D eigenvalue weighted by Gasteiger charge is 2.18. The molecule has 0 fully saturated rings. The van der Waals surface area contributed by atoms with Crippen LogP contribution >= 0.6 is 11.8 Å². The average molecular weight is 297 g/mol. The number of anilines is 1. The maximum Gasteiger partial charge on any atom is 0.321 e. The number of nitrogens with two attached hydrogens (primary N) is 1. The van der Waals surface area contributed by atoms with Gasteiger partial charge in [-0.2, -0.15) is 0 Å². The topological polar surface area (TPSA) is 93.4 Å². The van der Waals surface area contributed by atoms with Gasteiger partial charge in [-0.15, -0.1) is 11.8 Å². The first kappa shape index (κ1) is 16.2. The van der Waals surface area contributed by atoms with E-state index in [0.29, 0.717) is 18.0 Å². The predicted octanol–water partition coefficient (Wildman–Crippen LogP) is 1.60. The van der Waals surface area contributed by atoms with Gasteiger partial charge in [0.15, 0.2) is 0 Å². The van der Waals surface area contributed by atoms with Crippen molar-refractivity contribution in [2.45, 2.75) is 24.0 Å². The van der Waals surface area contributed by atoms with Gasteiger partial charge in [0.25, 0.3) is 0 Å². The maximum atomic E-state index is 11.8. The van der Waals surface area contributed by atoms with Crippen LogP contribution < -0.4 is 21.1 Å². The summed E-state index contributed by atoms with van der Waals surface area (Å²) in [6.45, 7) is 4.15. The van der Waals surface area contributed by atoms with Crippen molar-refractivity contribution in [2.24, 2.45) is 0 Å². The molecule has 1 unspecified atom stereocenters. The van der Waals surface area contributed by atoms with Crippen molar-refractivity contribution < 1.29 is 14.3 Å². The van der Waals surface area contributed by atoms with Crippen molar-refractivity contribution in [3.63, 3.8) is 0 Å². The van der Waals surface area contributed by atoms with Crippen LogP contribution in [0.4, 0.5) is 10.5 Å². The number of nitrogens with one attached hydrogen (secondary N) is 2. The second-order valence-electron chi connectivity index (χ2n) is 3.96. The SMILES string of the molecule is CCOc1ccc(N)c(SC(C)C(=O)NC(=O)NC)c1. The van der Waals surface area contributed by atoms with Crippen LogP contribution in [-0.4, -0.2) is 30.8 Å². The summed E-state index contributed by atoms with van der Waals surface area (Å²) in [4.78, 5) is 23.6. The van der Waals surface area contributed by atoms with Crippen LogP contribution in [-0.2, 0) is 4.79 Å². The molecule has 1 aromatic rings. The molecule has 3 amide bonds. The fraction of sp³-hybridized carbons (Fsp3) is 0.385. The standard InChI is InChI=1S/C13H19N3O3S/c1-4-19-9-5-6-10(14)11(7-9)20-8(2)12(17)16-13(18)15-3/h5-8H,4,14H2,1-3H3,(H2,15,16,17,18). The van der Waals surface area contributed by atoms with Crippen LogP contribution in [0.25, 0.3) is 0 Å². The van der Waals surface area contributed by atoms with Crippen molar-refractivity contribution in [3.05, 3.63) is 18.2 Å². The quantitative estimate of drug-likeness (QED) is 0.567. The number of carbonyl (C=O) groups excluding carboxylic acids is 2. The van der Waals surface area contributed by atoms with Gasteiger partial charge >= 0.3 is 6.03 Å². The number of urea groups is 1. The monoisotopic (exact) mass is 297 g/mol. The molecule has 4 N–H and O–H groups in total. The Kier molecular flexibility index (Phi) is 6.17. The Morgan fingerprint density at radius 2 is 2.15 bits per heavy atom. The summed E-state index contributed by atoms with van der Waals surface area (Å²) >= 11 is 1.27. The molecule has 0 aromatic heterocycles. The molecule has 1 aromatic carbocycles. The van der Waals surface area contributed by atoms with Gasteiger partial charge in [-0.25, -0.2) is 4.79 Å². The zero-order valence-electron chi connectivity index (χ0n) is 11.7. The highest BCUT2D eigenvalue weighted by Crippen LogP contribution is 2.32. The minimum absolute atomic E-state index is 0.379. The minimum atomic E-state index is -0.529. The second-order valence-corrected chi connectivity index (χ2v) is 5.34. The maximum absolute atomic E-state index is 11.8. The lowest BCUT2D eigenvalue weighted by molar-refractivity contribution is -0.119. The molecule has 0 aliphatic carbocycles. The van der Waals surface area contributed by atoms with E-state index < -0.39 is 11.3 Å². The molecular weight excluding hydrogens is 278 g/mol. The van der Waals surface area contributed by atoms with E-state index >= 15 is 0 Å². The van der Waals surface area contributed by atoms with Crippen molar-refractivity contribution in [1.82, 2.24) is 10.6 Å². The van der Waals surface area contributed by atoms with Gasteiger partial charge in [-0.05, 0) is 32.0 Å². The fourth-order valence-electron chi connectivity index (χ4n) is 1.39. The number of benzene rings is 1. The Bertz CT molecular complexity index is 494. The van der Waals surface area contributed by atoms with E-state index in [1.165, 1.54) is 18.8 Å². The summed E-state index contributed by atoms with van der Waals surface area (Å²) in [5.74, 6) is 0.318. The van der Waals surface area contributed by atoms with E-state index in [9.17, 15) is 9.59 Å². The number of rotatable bonds is 5. The van der Waals surface area contributed by atoms with Gasteiger partial charge < -0.3 is 15.8 Å². The van der Waals surface area contributed by atoms with Crippen LogP contribution in [0.5, 0.6) is 5.75 Å². The summed E-state index contributed by atoms with van der Waals surface area (Å²) in [6, 6.07) is 4.76. The number of hydrogen-bond donors (Lipinski definition) is 3. The van der Waals surface area contributed by atoms with E-state index in [-0.39, 0.29) is 5.91 Å². The van der Waals surface area contributed by atoms with Gasteiger partial charge in [0.1, 0.15) is 5.75 Å². The van der Waals surface area contributed by atoms with Crippen molar-refractivity contribution >= 4 is 29.4 Å². The summed E-state index contributed by atoms with van der Waals surface area (Å²) in [5.41, 5.74) is 6.44. The molecule has 0 saturated carbocycles. The van der Waals surface area contributed by atoms with Gasteiger partial charge in [0, 0.05) is 17.6 Å². The lowest BCUT2D eigenvalue weighted by Gasteiger charge is -2.13. The molecule has 1 rings (SSSR count). The van der Waals surface area contributed by atoms with E-state index in [1.807, 2.05) is 6.92 Å². The van der Waals surface area contributed by atoms with Gasteiger partial charge in [0.05, 0.1) is 11.9 Å². The third-order valence-corrected chi connectivity index (χ3v) is 3.61. The van der Waals surface area contributed by atoms with Gasteiger partial charge in [-0.1, -0.05) is 0 Å². The molecule has 0 spiro atoms. The fourth-order valence-corrected chi connectivity index (χ4v) is 2.33. The summed E-state index contributed by atoms with van der Waals surface area (Å²) < 4.78 is 5.39. The van der Waals surface area contributed by atoms with Crippen LogP contribution in [0.15, 0.2) is 23.1 Å². The predicted molar refractivity (Wildman–Crippen MR) is 79.9 cm³/mol. The number of hydrogen-bond acceptors (Lipinski definition) is 5. The van der Waals surface area contributed by atoms with Gasteiger partial charge in [0.2, 0.25) is 5.91 Å². The normalized spacial score (nSPS) is 11.6. The van der Waals surface area contributed by atoms with E-state index in [0.717, 1.165) is 4.90 Å². The number of ether oxygens (including phenoxy) is 1. The Balaban J connectivity index is 2.74. The second kappa shape index (κ2) is 7.64. The molecule has 0 heterocycles. The zero-order chi connectivity index (χ0) is 15.1. The first-order chi connectivity index (χ1) is 9.47. The molecule has 110 valence electrons. The zero-order valence-corrected chi connectivity index (χ0v) is 12.5. The first-order valence-electron chi connectivity index (χ1n) is 6.19. The number of carbonyl (C=O) groups is 2. The molecule has 0 radical (unpaired) electrons. The highest BCUT2D eigenvalue weighted by molar-refractivity contribution is 8.00. The van der Waals surface area contributed by atoms with Crippen molar-refractivity contribution in [3.8, 4) is 5.75 Å². The smallest absolute Gasteiger partial charge is 0.321 e. The molecule has 0 saturated heterocycles. The van der Waals surface area contributed by atoms with Crippen LogP contribution in [0.3, 0.4) is 0 Å². The Morgan fingerprint density at radius 1 is 1.45 bits per heavy atom. The molecule has 7 heteroatoms. The summed E-state index contributed by atoms with van der Waals surface area (Å²) in [7, 11) is 1.45. The van der Waals surface area contributed by atoms with Crippen LogP contribution in [0.1, 0.15) is 13.8 Å². The molecular formula is C13H19N3O3S. The van der Waals surface area contributed by atoms with Gasteiger partial charge in [-0.3, -0.25) is 10.1 Å². The summed E-state index contributed by atoms with van der Waals surface area (Å²) in [5, 5.41) is 4.10. The number of imide groups is 1. The van der Waals surface area contributed by atoms with E-state index in [2.05, 4.69) is 10.6 Å². The lowest BCUT2D eigenvalue weighted by Crippen LogP contribution is -2.41. The average Bonchev–Trinajstić information content (AvgIpc) is 2.42. The highest BCUT2D eigenvalue weighted by atomic mass is 32.2. The summed E-state index contributed by atoms with van der Waals surface area (Å²) in [6.07, 6.45) is 0. The van der Waals surface area contributed by atoms with E-state index in [1.54, 1.807) is 25.1 Å². The Morgan fingerprint density at radius 3 is 2.75 bits per heavy atom. The van der Waals surface area contributed by atoms with Crippen molar-refractivity contribution in [1.29, 1.82) is 0 Å². The number of thioether (sulfide) groups is 1. The molecule has 1 atom stereocenters. The Hall–Kier alpha value is -1.89. The first-order valence-corrected chi connectivity index (χ1v) is 7.07. The molecule has 0 aliphatic rings. The van der Waals surface area contributed by atoms with E-state index in [4.69, 9.17) is 10.5 Å². The van der Waals surface area contributed by atoms with Crippen molar-refractivity contribution in [2.75, 3.05) is 19.4 Å². The molecule has 20 heavy (non-hydrogen) atoms. The molecule has 6 nitrogen and oxygen atoms in total. The van der Waals surface area contributed by atoms with Crippen LogP contribution in [0.2, 0.25) is 0 Å². The molecule has 0 aliphatic heterocycles. The third kappa shape index (κ3) is 4.65. The largest absolute Gasteiger partial charge is 0.494 e. The lowest BCUT2D eigenvalue weighted by atomic mass is 10.3. The Labute approximate surface area is 122 Å². The number of amides is 3. The molecule has 0 bridgehead atoms. The number of nitrogen functional groups attached to an aromatic ring is 1. The minimum Gasteiger partial charge on any atom is -0.494 e.